The van der Waals surface area contributed by atoms with Crippen molar-refractivity contribution in [2.24, 2.45) is 0 Å². The summed E-state index contributed by atoms with van der Waals surface area (Å²) in [6, 6.07) is 11.9. The number of rotatable bonds is 9. The molecule has 22 heavy (non-hydrogen) atoms. The zero-order valence-electron chi connectivity index (χ0n) is 12.9. The van der Waals surface area contributed by atoms with Crippen LogP contribution in [0, 0.1) is 0 Å². The third-order valence-electron chi connectivity index (χ3n) is 3.26. The standard InChI is InChI=1S/C18H22ClNO2/c1-2-21-14-15-22-13-12-20-11-5-7-17(20)10-9-16-6-3-4-8-18(16)19/h3-11H,2,12-15H2,1H3/b10-9+. The topological polar surface area (TPSA) is 23.4 Å². The van der Waals surface area contributed by atoms with Crippen molar-refractivity contribution in [3.8, 4) is 0 Å². The molecular weight excluding hydrogens is 298 g/mol. The number of nitrogens with zero attached hydrogens (tertiary/aromatic N) is 1. The smallest absolute Gasteiger partial charge is 0.0701 e. The summed E-state index contributed by atoms with van der Waals surface area (Å²) in [5, 5.41) is 0.760. The zero-order chi connectivity index (χ0) is 15.6. The fraction of sp³-hybridized carbons (Fsp3) is 0.333. The molecule has 3 nitrogen and oxygen atoms in total. The van der Waals surface area contributed by atoms with Crippen molar-refractivity contribution >= 4 is 23.8 Å². The van der Waals surface area contributed by atoms with Gasteiger partial charge in [0.25, 0.3) is 0 Å². The van der Waals surface area contributed by atoms with Crippen molar-refractivity contribution < 1.29 is 9.47 Å². The van der Waals surface area contributed by atoms with E-state index < -0.39 is 0 Å². The molecule has 0 saturated heterocycles. The third kappa shape index (κ3) is 5.34. The third-order valence-corrected chi connectivity index (χ3v) is 3.60. The first-order valence-corrected chi connectivity index (χ1v) is 7.92. The molecular formula is C18H22ClNO2. The Bertz CT molecular complexity index is 592. The minimum atomic E-state index is 0.639. The van der Waals surface area contributed by atoms with E-state index in [1.807, 2.05) is 43.3 Å². The first kappa shape index (κ1) is 16.8. The van der Waals surface area contributed by atoms with Crippen LogP contribution >= 0.6 is 11.6 Å². The molecule has 1 heterocycles. The van der Waals surface area contributed by atoms with Crippen molar-refractivity contribution in [2.75, 3.05) is 26.4 Å². The highest BCUT2D eigenvalue weighted by Crippen LogP contribution is 2.18. The number of hydrogen-bond donors (Lipinski definition) is 0. The molecule has 2 rings (SSSR count). The SMILES string of the molecule is CCOCCOCCn1cccc1/C=C/c1ccccc1Cl. The van der Waals surface area contributed by atoms with Crippen molar-refractivity contribution in [3.05, 3.63) is 58.9 Å². The molecule has 0 fully saturated rings. The van der Waals surface area contributed by atoms with Gasteiger partial charge < -0.3 is 14.0 Å². The summed E-state index contributed by atoms with van der Waals surface area (Å²) in [6.07, 6.45) is 6.16. The van der Waals surface area contributed by atoms with Crippen LogP contribution in [-0.4, -0.2) is 31.0 Å². The molecule has 0 saturated carbocycles. The summed E-state index contributed by atoms with van der Waals surface area (Å²) < 4.78 is 13.0. The largest absolute Gasteiger partial charge is 0.379 e. The maximum atomic E-state index is 6.16. The van der Waals surface area contributed by atoms with Crippen LogP contribution in [0.2, 0.25) is 5.02 Å². The number of ether oxygens (including phenoxy) is 2. The Morgan fingerprint density at radius 1 is 1.00 bits per heavy atom. The van der Waals surface area contributed by atoms with Gasteiger partial charge in [-0.05, 0) is 36.8 Å². The predicted octanol–water partition coefficient (Wildman–Crippen LogP) is 4.37. The van der Waals surface area contributed by atoms with Gasteiger partial charge in [-0.1, -0.05) is 35.9 Å². The second-order valence-electron chi connectivity index (χ2n) is 4.79. The van der Waals surface area contributed by atoms with E-state index in [0.29, 0.717) is 19.8 Å². The highest BCUT2D eigenvalue weighted by Gasteiger charge is 1.99. The first-order valence-electron chi connectivity index (χ1n) is 7.54. The maximum absolute atomic E-state index is 6.16. The van der Waals surface area contributed by atoms with Crippen LogP contribution in [0.1, 0.15) is 18.2 Å². The van der Waals surface area contributed by atoms with Gasteiger partial charge in [-0.25, -0.2) is 0 Å². The quantitative estimate of drug-likeness (QED) is 0.641. The lowest BCUT2D eigenvalue weighted by Crippen LogP contribution is -2.10. The predicted molar refractivity (Wildman–Crippen MR) is 92.1 cm³/mol. The Morgan fingerprint density at radius 2 is 1.82 bits per heavy atom. The van der Waals surface area contributed by atoms with Gasteiger partial charge in [0.05, 0.1) is 19.8 Å². The van der Waals surface area contributed by atoms with E-state index in [-0.39, 0.29) is 0 Å². The summed E-state index contributed by atoms with van der Waals surface area (Å²) in [6.45, 7) is 5.51. The molecule has 4 heteroatoms. The molecule has 0 amide bonds. The first-order chi connectivity index (χ1) is 10.8. The van der Waals surface area contributed by atoms with Crippen molar-refractivity contribution in [1.82, 2.24) is 4.57 Å². The van der Waals surface area contributed by atoms with Gasteiger partial charge in [-0.15, -0.1) is 0 Å². The number of hydrogen-bond acceptors (Lipinski definition) is 2. The molecule has 0 bridgehead atoms. The van der Waals surface area contributed by atoms with Gasteiger partial charge in [-0.2, -0.15) is 0 Å². The van der Waals surface area contributed by atoms with Crippen molar-refractivity contribution in [1.29, 1.82) is 0 Å². The fourth-order valence-electron chi connectivity index (χ4n) is 2.09. The van der Waals surface area contributed by atoms with Gasteiger partial charge in [0.15, 0.2) is 0 Å². The van der Waals surface area contributed by atoms with Crippen molar-refractivity contribution in [3.63, 3.8) is 0 Å². The van der Waals surface area contributed by atoms with E-state index in [0.717, 1.165) is 29.4 Å². The lowest BCUT2D eigenvalue weighted by Gasteiger charge is -2.08. The van der Waals surface area contributed by atoms with E-state index in [1.165, 1.54) is 0 Å². The Morgan fingerprint density at radius 3 is 2.64 bits per heavy atom. The van der Waals surface area contributed by atoms with Gasteiger partial charge in [-0.3, -0.25) is 0 Å². The van der Waals surface area contributed by atoms with E-state index in [9.17, 15) is 0 Å². The van der Waals surface area contributed by atoms with Crippen LogP contribution in [0.3, 0.4) is 0 Å². The fourth-order valence-corrected chi connectivity index (χ4v) is 2.29. The second kappa shape index (κ2) is 9.46. The Kier molecular flexibility index (Phi) is 7.23. The average molecular weight is 320 g/mol. The van der Waals surface area contributed by atoms with Crippen LogP contribution in [0.4, 0.5) is 0 Å². The number of benzene rings is 1. The number of halogens is 1. The molecule has 1 aromatic carbocycles. The molecule has 1 aromatic heterocycles. The van der Waals surface area contributed by atoms with Crippen LogP contribution < -0.4 is 0 Å². The average Bonchev–Trinajstić information content (AvgIpc) is 2.97. The Hall–Kier alpha value is -1.55. The molecule has 0 aliphatic heterocycles. The maximum Gasteiger partial charge on any atom is 0.0701 e. The normalized spacial score (nSPS) is 11.4. The molecule has 0 unspecified atom stereocenters. The monoisotopic (exact) mass is 319 g/mol. The minimum Gasteiger partial charge on any atom is -0.379 e. The van der Waals surface area contributed by atoms with Gasteiger partial charge in [0, 0.05) is 30.1 Å². The van der Waals surface area contributed by atoms with E-state index in [1.54, 1.807) is 0 Å². The van der Waals surface area contributed by atoms with Crippen molar-refractivity contribution in [2.45, 2.75) is 13.5 Å². The van der Waals surface area contributed by atoms with Gasteiger partial charge >= 0.3 is 0 Å². The molecule has 0 atom stereocenters. The second-order valence-corrected chi connectivity index (χ2v) is 5.20. The highest BCUT2D eigenvalue weighted by molar-refractivity contribution is 6.32. The molecule has 118 valence electrons. The van der Waals surface area contributed by atoms with Gasteiger partial charge in [0.1, 0.15) is 0 Å². The van der Waals surface area contributed by atoms with Crippen LogP contribution in [0.5, 0.6) is 0 Å². The summed E-state index contributed by atoms with van der Waals surface area (Å²) >= 11 is 6.16. The Labute approximate surface area is 137 Å². The lowest BCUT2D eigenvalue weighted by molar-refractivity contribution is 0.0497. The number of aromatic nitrogens is 1. The molecule has 0 aliphatic rings. The van der Waals surface area contributed by atoms with Crippen LogP contribution in [-0.2, 0) is 16.0 Å². The minimum absolute atomic E-state index is 0.639. The summed E-state index contributed by atoms with van der Waals surface area (Å²) in [4.78, 5) is 0. The van der Waals surface area contributed by atoms with E-state index in [2.05, 4.69) is 22.9 Å². The summed E-state index contributed by atoms with van der Waals surface area (Å²) in [5.74, 6) is 0. The summed E-state index contributed by atoms with van der Waals surface area (Å²) in [5.41, 5.74) is 2.15. The van der Waals surface area contributed by atoms with E-state index in [4.69, 9.17) is 21.1 Å². The lowest BCUT2D eigenvalue weighted by atomic mass is 10.2. The zero-order valence-corrected chi connectivity index (χ0v) is 13.6. The molecule has 2 aromatic rings. The molecule has 0 N–H and O–H groups in total. The molecule has 0 aliphatic carbocycles. The van der Waals surface area contributed by atoms with Crippen LogP contribution in [0.25, 0.3) is 12.2 Å². The van der Waals surface area contributed by atoms with Gasteiger partial charge in [0.2, 0.25) is 0 Å². The highest BCUT2D eigenvalue weighted by atomic mass is 35.5. The summed E-state index contributed by atoms with van der Waals surface area (Å²) in [7, 11) is 0. The Balaban J connectivity index is 1.86. The van der Waals surface area contributed by atoms with E-state index >= 15 is 0 Å². The molecule has 0 radical (unpaired) electrons. The molecule has 0 spiro atoms. The van der Waals surface area contributed by atoms with Crippen LogP contribution in [0.15, 0.2) is 42.6 Å².